The van der Waals surface area contributed by atoms with Crippen molar-refractivity contribution in [2.45, 2.75) is 57.5 Å². The lowest BCUT2D eigenvalue weighted by molar-refractivity contribution is 0.327. The lowest BCUT2D eigenvalue weighted by Gasteiger charge is -2.27. The lowest BCUT2D eigenvalue weighted by Crippen LogP contribution is -2.43. The van der Waals surface area contributed by atoms with Gasteiger partial charge in [-0.1, -0.05) is 43.7 Å². The highest BCUT2D eigenvalue weighted by Crippen LogP contribution is 2.35. The van der Waals surface area contributed by atoms with Gasteiger partial charge in [0.05, 0.1) is 11.4 Å². The molecule has 4 rings (SSSR count). The number of unbranched alkanes of at least 4 members (excludes halogenated alkanes) is 1. The van der Waals surface area contributed by atoms with E-state index in [-0.39, 0.29) is 23.4 Å². The second-order valence-electron chi connectivity index (χ2n) is 7.50. The van der Waals surface area contributed by atoms with Crippen molar-refractivity contribution in [2.75, 3.05) is 5.75 Å². The van der Waals surface area contributed by atoms with Crippen molar-refractivity contribution in [1.29, 1.82) is 0 Å². The van der Waals surface area contributed by atoms with E-state index in [1.807, 2.05) is 37.3 Å². The topological polar surface area (TPSA) is 83.1 Å². The summed E-state index contributed by atoms with van der Waals surface area (Å²) in [5.41, 5.74) is 2.12. The standard InChI is InChI=1S/C20H25N3O3S/c1-2-3-11-27(25,26)23-15-9-10-16(23)13-18-17(12-15)20(24)22-19(21-18)14-7-5-4-6-8-14/h4-8,15-16H,2-3,9-13H2,1H3,(H,21,22,24). The van der Waals surface area contributed by atoms with E-state index in [0.29, 0.717) is 30.7 Å². The summed E-state index contributed by atoms with van der Waals surface area (Å²) >= 11 is 0. The largest absolute Gasteiger partial charge is 0.306 e. The van der Waals surface area contributed by atoms with Crippen LogP contribution in [0.25, 0.3) is 11.4 Å². The number of rotatable bonds is 5. The smallest absolute Gasteiger partial charge is 0.254 e. The summed E-state index contributed by atoms with van der Waals surface area (Å²) in [5.74, 6) is 0.740. The van der Waals surface area contributed by atoms with Crippen molar-refractivity contribution in [2.24, 2.45) is 0 Å². The van der Waals surface area contributed by atoms with E-state index >= 15 is 0 Å². The Bertz CT molecular complexity index is 985. The number of hydrogen-bond donors (Lipinski definition) is 1. The highest BCUT2D eigenvalue weighted by Gasteiger charge is 2.44. The fourth-order valence-electron chi connectivity index (χ4n) is 4.32. The quantitative estimate of drug-likeness (QED) is 0.854. The van der Waals surface area contributed by atoms with E-state index in [4.69, 9.17) is 4.98 Å². The van der Waals surface area contributed by atoms with Gasteiger partial charge in [0.25, 0.3) is 5.56 Å². The molecule has 2 unspecified atom stereocenters. The number of sulfonamides is 1. The molecule has 0 saturated carbocycles. The maximum atomic E-state index is 12.9. The van der Waals surface area contributed by atoms with Crippen molar-refractivity contribution in [3.63, 3.8) is 0 Å². The van der Waals surface area contributed by atoms with Gasteiger partial charge in [0.2, 0.25) is 10.0 Å². The molecule has 0 spiro atoms. The number of fused-ring (bicyclic) bond motifs is 3. The van der Waals surface area contributed by atoms with Crippen molar-refractivity contribution in [1.82, 2.24) is 14.3 Å². The minimum Gasteiger partial charge on any atom is -0.306 e. The molecule has 1 aromatic heterocycles. The summed E-state index contributed by atoms with van der Waals surface area (Å²) in [5, 5.41) is 0. The number of hydrogen-bond acceptors (Lipinski definition) is 4. The van der Waals surface area contributed by atoms with Crippen molar-refractivity contribution in [3.05, 3.63) is 51.9 Å². The van der Waals surface area contributed by atoms with Crippen LogP contribution in [0.4, 0.5) is 0 Å². The maximum absolute atomic E-state index is 12.9. The first-order chi connectivity index (χ1) is 13.0. The van der Waals surface area contributed by atoms with E-state index in [0.717, 1.165) is 30.5 Å². The third-order valence-corrected chi connectivity index (χ3v) is 7.69. The predicted octanol–water partition coefficient (Wildman–Crippen LogP) is 2.50. The Labute approximate surface area is 159 Å². The Morgan fingerprint density at radius 2 is 1.85 bits per heavy atom. The summed E-state index contributed by atoms with van der Waals surface area (Å²) in [6.07, 6.45) is 4.14. The van der Waals surface area contributed by atoms with Gasteiger partial charge < -0.3 is 4.98 Å². The molecule has 2 aliphatic heterocycles. The van der Waals surface area contributed by atoms with E-state index in [1.165, 1.54) is 0 Å². The van der Waals surface area contributed by atoms with Crippen LogP contribution in [0.15, 0.2) is 35.1 Å². The molecule has 7 heteroatoms. The van der Waals surface area contributed by atoms with Gasteiger partial charge in [0.15, 0.2) is 0 Å². The van der Waals surface area contributed by atoms with Crippen LogP contribution in [0.1, 0.15) is 43.9 Å². The Hall–Kier alpha value is -1.99. The van der Waals surface area contributed by atoms with Crippen LogP contribution in [-0.2, 0) is 22.9 Å². The monoisotopic (exact) mass is 387 g/mol. The molecule has 0 aliphatic carbocycles. The highest BCUT2D eigenvalue weighted by atomic mass is 32.2. The first-order valence-corrected chi connectivity index (χ1v) is 11.3. The summed E-state index contributed by atoms with van der Waals surface area (Å²) in [6, 6.07) is 9.35. The zero-order chi connectivity index (χ0) is 19.0. The predicted molar refractivity (Wildman–Crippen MR) is 105 cm³/mol. The molecular weight excluding hydrogens is 362 g/mol. The Morgan fingerprint density at radius 3 is 2.56 bits per heavy atom. The molecule has 1 saturated heterocycles. The zero-order valence-electron chi connectivity index (χ0n) is 15.5. The molecule has 1 aromatic carbocycles. The van der Waals surface area contributed by atoms with E-state index in [2.05, 4.69) is 4.98 Å². The van der Waals surface area contributed by atoms with E-state index < -0.39 is 10.0 Å². The minimum atomic E-state index is -3.30. The highest BCUT2D eigenvalue weighted by molar-refractivity contribution is 7.89. The molecule has 2 aromatic rings. The Kier molecular flexibility index (Phi) is 4.90. The maximum Gasteiger partial charge on any atom is 0.254 e. The van der Waals surface area contributed by atoms with E-state index in [9.17, 15) is 13.2 Å². The third-order valence-electron chi connectivity index (χ3n) is 5.65. The Morgan fingerprint density at radius 1 is 1.15 bits per heavy atom. The van der Waals surface area contributed by atoms with Gasteiger partial charge in [0, 0.05) is 29.6 Å². The number of aromatic nitrogens is 2. The fourth-order valence-corrected chi connectivity index (χ4v) is 6.46. The Balaban J connectivity index is 1.71. The molecule has 27 heavy (non-hydrogen) atoms. The number of nitrogens with zero attached hydrogens (tertiary/aromatic N) is 2. The molecule has 1 fully saturated rings. The number of aromatic amines is 1. The molecular formula is C20H25N3O3S. The van der Waals surface area contributed by atoms with Crippen LogP contribution in [-0.4, -0.2) is 40.5 Å². The first kappa shape index (κ1) is 18.4. The van der Waals surface area contributed by atoms with Gasteiger partial charge in [-0.3, -0.25) is 4.79 Å². The summed E-state index contributed by atoms with van der Waals surface area (Å²) in [4.78, 5) is 20.4. The second kappa shape index (κ2) is 7.20. The molecule has 0 radical (unpaired) electrons. The molecule has 2 atom stereocenters. The van der Waals surface area contributed by atoms with Crippen LogP contribution >= 0.6 is 0 Å². The van der Waals surface area contributed by atoms with Crippen molar-refractivity contribution < 1.29 is 8.42 Å². The molecule has 2 bridgehead atoms. The lowest BCUT2D eigenvalue weighted by atomic mass is 9.98. The molecule has 1 N–H and O–H groups in total. The first-order valence-electron chi connectivity index (χ1n) is 9.68. The van der Waals surface area contributed by atoms with Gasteiger partial charge in [-0.2, -0.15) is 4.31 Å². The fraction of sp³-hybridized carbons (Fsp3) is 0.500. The third kappa shape index (κ3) is 3.46. The zero-order valence-corrected chi connectivity index (χ0v) is 16.3. The molecule has 2 aliphatic rings. The van der Waals surface area contributed by atoms with E-state index in [1.54, 1.807) is 4.31 Å². The molecule has 6 nitrogen and oxygen atoms in total. The van der Waals surface area contributed by atoms with Crippen LogP contribution in [0.5, 0.6) is 0 Å². The van der Waals surface area contributed by atoms with Gasteiger partial charge in [-0.25, -0.2) is 13.4 Å². The van der Waals surface area contributed by atoms with Gasteiger partial charge in [-0.15, -0.1) is 0 Å². The number of H-pyrrole nitrogens is 1. The van der Waals surface area contributed by atoms with Crippen LogP contribution in [0.2, 0.25) is 0 Å². The van der Waals surface area contributed by atoms with Gasteiger partial charge >= 0.3 is 0 Å². The molecule has 3 heterocycles. The SMILES string of the molecule is CCCCS(=O)(=O)N1C2CCC1Cc1c(nc(-c3ccccc3)[nH]c1=O)C2. The molecule has 0 amide bonds. The van der Waals surface area contributed by atoms with Gasteiger partial charge in [-0.05, 0) is 25.7 Å². The average molecular weight is 388 g/mol. The normalized spacial score (nSPS) is 22.4. The minimum absolute atomic E-state index is 0.0870. The van der Waals surface area contributed by atoms with Crippen molar-refractivity contribution in [3.8, 4) is 11.4 Å². The van der Waals surface area contributed by atoms with Gasteiger partial charge in [0.1, 0.15) is 5.82 Å². The second-order valence-corrected chi connectivity index (χ2v) is 9.49. The van der Waals surface area contributed by atoms with Crippen LogP contribution in [0, 0.1) is 0 Å². The number of nitrogens with one attached hydrogen (secondary N) is 1. The average Bonchev–Trinajstić information content (AvgIpc) is 2.97. The summed E-state index contributed by atoms with van der Waals surface area (Å²) < 4.78 is 27.5. The summed E-state index contributed by atoms with van der Waals surface area (Å²) in [7, 11) is -3.30. The van der Waals surface area contributed by atoms with Crippen LogP contribution in [0.3, 0.4) is 0 Å². The van der Waals surface area contributed by atoms with Crippen molar-refractivity contribution >= 4 is 10.0 Å². The summed E-state index contributed by atoms with van der Waals surface area (Å²) in [6.45, 7) is 2.00. The van der Waals surface area contributed by atoms with Crippen LogP contribution < -0.4 is 5.56 Å². The molecule has 144 valence electrons. The number of benzene rings is 1.